The molecule has 1 aromatic heterocycles. The van der Waals surface area contributed by atoms with Gasteiger partial charge < -0.3 is 9.67 Å². The molecule has 0 spiro atoms. The average Bonchev–Trinajstić information content (AvgIpc) is 2.97. The highest BCUT2D eigenvalue weighted by Gasteiger charge is 2.31. The minimum atomic E-state index is -0.800. The summed E-state index contributed by atoms with van der Waals surface area (Å²) in [6, 6.07) is 10.9. The van der Waals surface area contributed by atoms with Gasteiger partial charge in [0.2, 0.25) is 0 Å². The van der Waals surface area contributed by atoms with Crippen LogP contribution in [0.3, 0.4) is 0 Å². The molecule has 4 rings (SSSR count). The second-order valence-electron chi connectivity index (χ2n) is 7.90. The van der Waals surface area contributed by atoms with E-state index in [-0.39, 0.29) is 24.1 Å². The molecule has 0 saturated heterocycles. The van der Waals surface area contributed by atoms with E-state index < -0.39 is 5.97 Å². The summed E-state index contributed by atoms with van der Waals surface area (Å²) in [5.41, 5.74) is 2.86. The first-order chi connectivity index (χ1) is 13.8. The molecule has 1 aliphatic heterocycles. The zero-order valence-corrected chi connectivity index (χ0v) is 18.0. The fraction of sp³-hybridized carbons (Fsp3) is 0.348. The van der Waals surface area contributed by atoms with Gasteiger partial charge in [0.25, 0.3) is 0 Å². The number of aliphatic carboxylic acids is 1. The number of aromatic nitrogens is 1. The van der Waals surface area contributed by atoms with Gasteiger partial charge in [0.15, 0.2) is 0 Å². The summed E-state index contributed by atoms with van der Waals surface area (Å²) in [4.78, 5) is 13.6. The van der Waals surface area contributed by atoms with Crippen LogP contribution in [-0.4, -0.2) is 15.6 Å². The van der Waals surface area contributed by atoms with Gasteiger partial charge in [-0.2, -0.15) is 0 Å². The largest absolute Gasteiger partial charge is 0.481 e. The normalized spacial score (nSPS) is 16.4. The molecule has 2 aromatic carbocycles. The van der Waals surface area contributed by atoms with Crippen molar-refractivity contribution in [1.29, 1.82) is 0 Å². The molecule has 6 heteroatoms. The van der Waals surface area contributed by atoms with Crippen LogP contribution in [0.1, 0.15) is 56.2 Å². The Bertz CT molecular complexity index is 1070. The maximum Gasteiger partial charge on any atom is 0.304 e. The zero-order chi connectivity index (χ0) is 20.7. The highest BCUT2D eigenvalue weighted by molar-refractivity contribution is 7.99. The number of rotatable bonds is 5. The predicted molar refractivity (Wildman–Crippen MR) is 116 cm³/mol. The van der Waals surface area contributed by atoms with Crippen molar-refractivity contribution in [1.82, 2.24) is 4.57 Å². The van der Waals surface area contributed by atoms with Crippen molar-refractivity contribution in [3.63, 3.8) is 0 Å². The van der Waals surface area contributed by atoms with Crippen LogP contribution in [-0.2, 0) is 11.3 Å². The van der Waals surface area contributed by atoms with Crippen molar-refractivity contribution in [2.45, 2.75) is 61.3 Å². The number of fused-ring (bicyclic) bond motifs is 3. The minimum absolute atomic E-state index is 0.0773. The van der Waals surface area contributed by atoms with Crippen LogP contribution in [0, 0.1) is 5.82 Å². The molecule has 2 heterocycles. The van der Waals surface area contributed by atoms with Crippen molar-refractivity contribution in [3.05, 3.63) is 58.5 Å². The highest BCUT2D eigenvalue weighted by atomic mass is 35.5. The molecule has 0 radical (unpaired) electrons. The molecule has 0 aliphatic carbocycles. The van der Waals surface area contributed by atoms with Gasteiger partial charge in [0, 0.05) is 38.4 Å². The molecule has 1 N–H and O–H groups in total. The van der Waals surface area contributed by atoms with Crippen LogP contribution in [0.2, 0.25) is 5.02 Å². The number of aryl methyl sites for hydroxylation is 1. The van der Waals surface area contributed by atoms with Gasteiger partial charge in [-0.3, -0.25) is 4.79 Å². The SMILES string of the molecule is CC(C)c1cc(F)cc2c1c(Sc1ccc(Cl)cc1)c1n2CCC[C@H]1CC(=O)O. The molecule has 152 valence electrons. The second-order valence-corrected chi connectivity index (χ2v) is 9.42. The zero-order valence-electron chi connectivity index (χ0n) is 16.4. The first-order valence-corrected chi connectivity index (χ1v) is 11.1. The first kappa shape index (κ1) is 20.3. The van der Waals surface area contributed by atoms with E-state index in [0.717, 1.165) is 51.3 Å². The molecule has 29 heavy (non-hydrogen) atoms. The Morgan fingerprint density at radius 3 is 2.69 bits per heavy atom. The number of benzene rings is 2. The van der Waals surface area contributed by atoms with E-state index in [1.165, 1.54) is 0 Å². The molecule has 0 saturated carbocycles. The van der Waals surface area contributed by atoms with Crippen LogP contribution in [0.5, 0.6) is 0 Å². The lowest BCUT2D eigenvalue weighted by molar-refractivity contribution is -0.137. The third kappa shape index (κ3) is 3.90. The van der Waals surface area contributed by atoms with E-state index in [0.29, 0.717) is 5.02 Å². The van der Waals surface area contributed by atoms with Crippen LogP contribution >= 0.6 is 23.4 Å². The van der Waals surface area contributed by atoms with Gasteiger partial charge in [-0.05, 0) is 60.7 Å². The fourth-order valence-corrected chi connectivity index (χ4v) is 5.66. The maximum absolute atomic E-state index is 14.5. The van der Waals surface area contributed by atoms with Gasteiger partial charge in [-0.25, -0.2) is 4.39 Å². The summed E-state index contributed by atoms with van der Waals surface area (Å²) < 4.78 is 16.6. The molecule has 0 amide bonds. The number of halogens is 2. The second kappa shape index (κ2) is 8.04. The Morgan fingerprint density at radius 1 is 1.31 bits per heavy atom. The lowest BCUT2D eigenvalue weighted by Crippen LogP contribution is -2.18. The Labute approximate surface area is 178 Å². The molecule has 1 atom stereocenters. The van der Waals surface area contributed by atoms with Crippen molar-refractivity contribution < 1.29 is 14.3 Å². The Hall–Kier alpha value is -1.98. The highest BCUT2D eigenvalue weighted by Crippen LogP contribution is 2.48. The van der Waals surface area contributed by atoms with Crippen molar-refractivity contribution in [3.8, 4) is 0 Å². The van der Waals surface area contributed by atoms with E-state index in [2.05, 4.69) is 18.4 Å². The van der Waals surface area contributed by atoms with E-state index in [9.17, 15) is 14.3 Å². The van der Waals surface area contributed by atoms with Crippen LogP contribution < -0.4 is 0 Å². The number of carboxylic acid groups (broad SMARTS) is 1. The van der Waals surface area contributed by atoms with E-state index in [1.54, 1.807) is 23.9 Å². The van der Waals surface area contributed by atoms with E-state index >= 15 is 0 Å². The van der Waals surface area contributed by atoms with Gasteiger partial charge in [0.1, 0.15) is 5.82 Å². The maximum atomic E-state index is 14.5. The number of carboxylic acids is 1. The summed E-state index contributed by atoms with van der Waals surface area (Å²) in [7, 11) is 0. The third-order valence-corrected chi connectivity index (χ3v) is 6.93. The topological polar surface area (TPSA) is 42.2 Å². The number of hydrogen-bond donors (Lipinski definition) is 1. The number of carbonyl (C=O) groups is 1. The Kier molecular flexibility index (Phi) is 5.63. The van der Waals surface area contributed by atoms with E-state index in [1.807, 2.05) is 24.3 Å². The summed E-state index contributed by atoms with van der Waals surface area (Å²) in [5.74, 6) is -0.969. The fourth-order valence-electron chi connectivity index (χ4n) is 4.32. The number of nitrogens with zero attached hydrogens (tertiary/aromatic N) is 1. The standard InChI is InChI=1S/C23H23ClFNO2S/c1-13(2)18-11-16(25)12-19-21(18)23(29-17-7-5-15(24)6-8-17)22-14(10-20(27)28)4-3-9-26(19)22/h5-8,11-14H,3-4,9-10H2,1-2H3,(H,27,28)/t14-/m0/s1. The van der Waals surface area contributed by atoms with E-state index in [4.69, 9.17) is 11.6 Å². The smallest absolute Gasteiger partial charge is 0.304 e. The molecule has 1 aliphatic rings. The summed E-state index contributed by atoms with van der Waals surface area (Å²) >= 11 is 7.67. The predicted octanol–water partition coefficient (Wildman–Crippen LogP) is 7.06. The summed E-state index contributed by atoms with van der Waals surface area (Å²) in [6.45, 7) is 4.91. The van der Waals surface area contributed by atoms with Gasteiger partial charge in [-0.15, -0.1) is 0 Å². The average molecular weight is 432 g/mol. The lowest BCUT2D eigenvalue weighted by atomic mass is 9.92. The van der Waals surface area contributed by atoms with Crippen LogP contribution in [0.4, 0.5) is 4.39 Å². The molecular formula is C23H23ClFNO2S. The monoisotopic (exact) mass is 431 g/mol. The van der Waals surface area contributed by atoms with Crippen LogP contribution in [0.15, 0.2) is 46.2 Å². The number of hydrogen-bond acceptors (Lipinski definition) is 2. The third-order valence-electron chi connectivity index (χ3n) is 5.55. The van der Waals surface area contributed by atoms with Gasteiger partial charge in [-0.1, -0.05) is 37.2 Å². The van der Waals surface area contributed by atoms with Gasteiger partial charge >= 0.3 is 5.97 Å². The molecule has 3 nitrogen and oxygen atoms in total. The summed E-state index contributed by atoms with van der Waals surface area (Å²) in [6.07, 6.45) is 1.81. The Morgan fingerprint density at radius 2 is 2.03 bits per heavy atom. The van der Waals surface area contributed by atoms with Gasteiger partial charge in [0.05, 0.1) is 11.9 Å². The minimum Gasteiger partial charge on any atom is -0.481 e. The lowest BCUT2D eigenvalue weighted by Gasteiger charge is -2.25. The Balaban J connectivity index is 1.99. The molecule has 0 unspecified atom stereocenters. The first-order valence-electron chi connectivity index (χ1n) is 9.86. The van der Waals surface area contributed by atoms with Crippen molar-refractivity contribution >= 4 is 40.2 Å². The van der Waals surface area contributed by atoms with Crippen LogP contribution in [0.25, 0.3) is 10.9 Å². The molecule has 0 bridgehead atoms. The molecule has 3 aromatic rings. The quantitative estimate of drug-likeness (QED) is 0.470. The summed E-state index contributed by atoms with van der Waals surface area (Å²) in [5, 5.41) is 11.2. The molecular weight excluding hydrogens is 409 g/mol. The van der Waals surface area contributed by atoms with Crippen molar-refractivity contribution in [2.75, 3.05) is 0 Å². The van der Waals surface area contributed by atoms with Crippen molar-refractivity contribution in [2.24, 2.45) is 0 Å². The molecule has 0 fully saturated rings.